The van der Waals surface area contributed by atoms with Crippen molar-refractivity contribution in [2.75, 3.05) is 36.5 Å². The van der Waals surface area contributed by atoms with Crippen LogP contribution in [0, 0.1) is 11.7 Å². The number of hydrogen-bond acceptors (Lipinski definition) is 7. The number of halogens is 1. The molecule has 0 spiro atoms. The Bertz CT molecular complexity index is 1100. The zero-order chi connectivity index (χ0) is 22.7. The number of sulfonamides is 1. The number of carbonyl (C=O) groups excluding carboxylic acids is 1. The van der Waals surface area contributed by atoms with Gasteiger partial charge >= 0.3 is 0 Å². The van der Waals surface area contributed by atoms with E-state index >= 15 is 0 Å². The molecule has 2 aromatic rings. The molecule has 0 radical (unpaired) electrons. The van der Waals surface area contributed by atoms with Crippen molar-refractivity contribution in [2.24, 2.45) is 5.92 Å². The number of amides is 1. The van der Waals surface area contributed by atoms with E-state index in [2.05, 4.69) is 10.3 Å². The number of hydrogen-bond donors (Lipinski definition) is 1. The van der Waals surface area contributed by atoms with Crippen molar-refractivity contribution in [3.63, 3.8) is 0 Å². The number of thiazole rings is 1. The Morgan fingerprint density at radius 2 is 2.09 bits per heavy atom. The van der Waals surface area contributed by atoms with Crippen LogP contribution in [0.4, 0.5) is 15.2 Å². The van der Waals surface area contributed by atoms with Gasteiger partial charge in [-0.3, -0.25) is 4.79 Å². The van der Waals surface area contributed by atoms with Crippen molar-refractivity contribution in [3.8, 4) is 0 Å². The van der Waals surface area contributed by atoms with Crippen molar-refractivity contribution in [1.29, 1.82) is 0 Å². The molecule has 11 heteroatoms. The van der Waals surface area contributed by atoms with Gasteiger partial charge in [0.1, 0.15) is 5.82 Å². The molecule has 1 aromatic heterocycles. The van der Waals surface area contributed by atoms with E-state index in [1.54, 1.807) is 35.7 Å². The van der Waals surface area contributed by atoms with Crippen molar-refractivity contribution >= 4 is 55.9 Å². The number of anilines is 2. The molecule has 1 aromatic carbocycles. The van der Waals surface area contributed by atoms with Gasteiger partial charge in [0.2, 0.25) is 15.9 Å². The van der Waals surface area contributed by atoms with Crippen LogP contribution in [-0.2, 0) is 14.8 Å². The Balaban J connectivity index is 1.44. The van der Waals surface area contributed by atoms with E-state index in [9.17, 15) is 17.6 Å². The summed E-state index contributed by atoms with van der Waals surface area (Å²) in [6.07, 6.45) is 3.29. The third-order valence-corrected chi connectivity index (χ3v) is 9.12. The number of nitrogens with one attached hydrogen (secondary N) is 1. The highest BCUT2D eigenvalue weighted by Gasteiger charge is 2.36. The Morgan fingerprint density at radius 3 is 2.84 bits per heavy atom. The fraction of sp³-hybridized carbons (Fsp3) is 0.429. The van der Waals surface area contributed by atoms with Crippen molar-refractivity contribution in [1.82, 2.24) is 14.2 Å². The zero-order valence-electron chi connectivity index (χ0n) is 17.7. The van der Waals surface area contributed by atoms with Gasteiger partial charge < -0.3 is 10.2 Å². The minimum absolute atomic E-state index is 0.0165. The van der Waals surface area contributed by atoms with Gasteiger partial charge in [-0.2, -0.15) is 0 Å². The maximum Gasteiger partial charge on any atom is 0.231 e. The number of thioether (sulfide) groups is 1. The first kappa shape index (κ1) is 23.2. The third kappa shape index (κ3) is 5.33. The Labute approximate surface area is 195 Å². The lowest BCUT2D eigenvalue weighted by Gasteiger charge is -2.33. The molecule has 0 unspecified atom stereocenters. The van der Waals surface area contributed by atoms with Crippen LogP contribution in [0.3, 0.4) is 0 Å². The second kappa shape index (κ2) is 9.90. The van der Waals surface area contributed by atoms with Crippen LogP contribution in [0.2, 0.25) is 0 Å². The molecular formula is C21H25FN4O3S3. The molecule has 1 N–H and O–H groups in total. The molecule has 0 bridgehead atoms. The average Bonchev–Trinajstić information content (AvgIpc) is 3.44. The van der Waals surface area contributed by atoms with E-state index in [4.69, 9.17) is 0 Å². The minimum Gasteiger partial charge on any atom is -0.332 e. The summed E-state index contributed by atoms with van der Waals surface area (Å²) in [6.45, 7) is 2.98. The lowest BCUT2D eigenvalue weighted by Crippen LogP contribution is -2.46. The maximum atomic E-state index is 13.2. The van der Waals surface area contributed by atoms with Crippen LogP contribution in [0.5, 0.6) is 0 Å². The first-order chi connectivity index (χ1) is 15.4. The summed E-state index contributed by atoms with van der Waals surface area (Å²) < 4.78 is 39.0. The van der Waals surface area contributed by atoms with Crippen molar-refractivity contribution in [3.05, 3.63) is 46.2 Å². The molecule has 1 atom stereocenters. The van der Waals surface area contributed by atoms with Gasteiger partial charge in [0.25, 0.3) is 0 Å². The summed E-state index contributed by atoms with van der Waals surface area (Å²) in [5, 5.41) is 6.56. The monoisotopic (exact) mass is 496 g/mol. The zero-order valence-corrected chi connectivity index (χ0v) is 20.1. The summed E-state index contributed by atoms with van der Waals surface area (Å²) in [5.41, 5.74) is 1.48. The van der Waals surface area contributed by atoms with Crippen LogP contribution in [-0.4, -0.2) is 59.7 Å². The smallest absolute Gasteiger partial charge is 0.231 e. The van der Waals surface area contributed by atoms with E-state index in [1.165, 1.54) is 27.8 Å². The first-order valence-electron chi connectivity index (χ1n) is 10.5. The fourth-order valence-corrected chi connectivity index (χ4v) is 6.65. The van der Waals surface area contributed by atoms with E-state index in [-0.39, 0.29) is 29.9 Å². The summed E-state index contributed by atoms with van der Waals surface area (Å²) in [7, 11) is -3.29. The normalized spacial score (nSPS) is 21.2. The predicted octanol–water partition coefficient (Wildman–Crippen LogP) is 3.96. The number of nitrogens with zero attached hydrogens (tertiary/aromatic N) is 3. The maximum absolute atomic E-state index is 13.2. The number of carbonyl (C=O) groups is 1. The highest BCUT2D eigenvalue weighted by atomic mass is 32.2. The van der Waals surface area contributed by atoms with Crippen molar-refractivity contribution in [2.45, 2.75) is 19.8 Å². The Morgan fingerprint density at radius 1 is 1.31 bits per heavy atom. The summed E-state index contributed by atoms with van der Waals surface area (Å²) in [4.78, 5) is 19.5. The fourth-order valence-electron chi connectivity index (χ4n) is 3.76. The quantitative estimate of drug-likeness (QED) is 0.652. The molecule has 2 saturated heterocycles. The number of aromatic nitrogens is 1. The minimum atomic E-state index is -3.29. The molecule has 32 heavy (non-hydrogen) atoms. The molecule has 7 nitrogen and oxygen atoms in total. The highest BCUT2D eigenvalue weighted by Crippen LogP contribution is 2.34. The molecular weight excluding hydrogens is 471 g/mol. The number of rotatable bonds is 6. The van der Waals surface area contributed by atoms with Crippen molar-refractivity contribution < 1.29 is 17.6 Å². The molecule has 0 aliphatic carbocycles. The third-order valence-electron chi connectivity index (χ3n) is 5.48. The Kier molecular flexibility index (Phi) is 7.18. The molecule has 2 aliphatic heterocycles. The van der Waals surface area contributed by atoms with E-state index in [1.807, 2.05) is 11.5 Å². The molecule has 172 valence electrons. The number of piperidine rings is 1. The van der Waals surface area contributed by atoms with E-state index in [0.29, 0.717) is 31.1 Å². The van der Waals surface area contributed by atoms with Crippen LogP contribution in [0.15, 0.2) is 34.7 Å². The van der Waals surface area contributed by atoms with Gasteiger partial charge in [0, 0.05) is 36.5 Å². The van der Waals surface area contributed by atoms with E-state index in [0.717, 1.165) is 22.2 Å². The van der Waals surface area contributed by atoms with Crippen LogP contribution in [0.1, 0.15) is 25.5 Å². The van der Waals surface area contributed by atoms with Gasteiger partial charge in [0.15, 0.2) is 5.13 Å². The average molecular weight is 497 g/mol. The van der Waals surface area contributed by atoms with Gasteiger partial charge in [-0.05, 0) is 50.1 Å². The van der Waals surface area contributed by atoms with Gasteiger partial charge in [-0.25, -0.2) is 22.1 Å². The summed E-state index contributed by atoms with van der Waals surface area (Å²) in [5.74, 6) is 0.218. The standard InChI is InChI=1S/C21H25FN4O3S3/c1-2-32(28,29)25-9-3-4-15(13-25)20(27)26-10-11-30-19(26)12-18-14-31-21(24-18)23-17-7-5-16(22)6-8-17/h5-8,12,14-15H,2-4,9-11,13H2,1H3,(H,23,24)/b19-12+/t15-/m1/s1. The van der Waals surface area contributed by atoms with Gasteiger partial charge in [-0.15, -0.1) is 23.1 Å². The second-order valence-electron chi connectivity index (χ2n) is 7.63. The molecule has 4 rings (SSSR count). The molecule has 1 amide bonds. The summed E-state index contributed by atoms with van der Waals surface area (Å²) >= 11 is 3.03. The number of benzene rings is 1. The second-order valence-corrected chi connectivity index (χ2v) is 11.9. The van der Waals surface area contributed by atoms with Crippen LogP contribution >= 0.6 is 23.1 Å². The first-order valence-corrected chi connectivity index (χ1v) is 13.9. The lowest BCUT2D eigenvalue weighted by atomic mass is 9.98. The summed E-state index contributed by atoms with van der Waals surface area (Å²) in [6, 6.07) is 6.06. The predicted molar refractivity (Wildman–Crippen MR) is 128 cm³/mol. The topological polar surface area (TPSA) is 82.6 Å². The lowest BCUT2D eigenvalue weighted by molar-refractivity contribution is -0.133. The highest BCUT2D eigenvalue weighted by molar-refractivity contribution is 8.03. The largest absolute Gasteiger partial charge is 0.332 e. The molecule has 2 fully saturated rings. The SMILES string of the molecule is CCS(=O)(=O)N1CCC[C@@H](C(=O)N2CCS/C2=C/c2csc(Nc3ccc(F)cc3)n2)C1. The van der Waals surface area contributed by atoms with Gasteiger partial charge in [-0.1, -0.05) is 0 Å². The molecule has 2 aliphatic rings. The Hall–Kier alpha value is -1.95. The molecule has 3 heterocycles. The van der Waals surface area contributed by atoms with Crippen LogP contribution < -0.4 is 5.32 Å². The van der Waals surface area contributed by atoms with Gasteiger partial charge in [0.05, 0.1) is 22.4 Å². The van der Waals surface area contributed by atoms with Crippen LogP contribution in [0.25, 0.3) is 6.08 Å². The molecule has 0 saturated carbocycles. The van der Waals surface area contributed by atoms with E-state index < -0.39 is 10.0 Å².